The van der Waals surface area contributed by atoms with Crippen LogP contribution < -0.4 is 0 Å². The summed E-state index contributed by atoms with van der Waals surface area (Å²) in [7, 11) is 0. The molecule has 0 amide bonds. The van der Waals surface area contributed by atoms with Crippen molar-refractivity contribution in [1.29, 1.82) is 0 Å². The lowest BCUT2D eigenvalue weighted by molar-refractivity contribution is 0.0179. The van der Waals surface area contributed by atoms with E-state index in [1.54, 1.807) is 12.1 Å². The van der Waals surface area contributed by atoms with E-state index in [0.717, 1.165) is 31.6 Å². The first-order chi connectivity index (χ1) is 8.55. The Morgan fingerprint density at radius 1 is 1.33 bits per heavy atom. The molecule has 1 heterocycles. The number of likely N-dealkylation sites (tertiary alicyclic amines) is 1. The predicted octanol–water partition coefficient (Wildman–Crippen LogP) is 2.83. The number of rotatable bonds is 2. The van der Waals surface area contributed by atoms with E-state index in [-0.39, 0.29) is 5.82 Å². The number of hydrogen-bond acceptors (Lipinski definition) is 2. The van der Waals surface area contributed by atoms with Gasteiger partial charge in [-0.15, -0.1) is 0 Å². The Balaban J connectivity index is 2.27. The molecule has 1 saturated heterocycles. The highest BCUT2D eigenvalue weighted by atomic mass is 19.1. The number of aryl methyl sites for hydroxylation is 1. The van der Waals surface area contributed by atoms with E-state index < -0.39 is 5.60 Å². The molecule has 3 heteroatoms. The van der Waals surface area contributed by atoms with Gasteiger partial charge in [0.2, 0.25) is 0 Å². The van der Waals surface area contributed by atoms with Crippen LogP contribution in [0.4, 0.5) is 4.39 Å². The number of benzene rings is 1. The molecule has 1 aliphatic rings. The van der Waals surface area contributed by atoms with Gasteiger partial charge in [-0.1, -0.05) is 24.6 Å². The second kappa shape index (κ2) is 5.37. The minimum absolute atomic E-state index is 0.284. The summed E-state index contributed by atoms with van der Waals surface area (Å²) in [6.07, 6.45) is 2.17. The van der Waals surface area contributed by atoms with Crippen molar-refractivity contribution in [3.63, 3.8) is 0 Å². The summed E-state index contributed by atoms with van der Waals surface area (Å²) in [5.74, 6) is -0.284. The average Bonchev–Trinajstić information content (AvgIpc) is 2.55. The van der Waals surface area contributed by atoms with Gasteiger partial charge in [0.25, 0.3) is 0 Å². The molecule has 0 spiro atoms. The van der Waals surface area contributed by atoms with E-state index in [1.807, 2.05) is 6.92 Å². The molecule has 1 fully saturated rings. The standard InChI is InChI=1S/C15H22FNO/c1-3-17-9-4-7-15(18,8-10-17)13-11-12(2)5-6-14(13)16/h5-6,11,18H,3-4,7-10H2,1-2H3. The average molecular weight is 251 g/mol. The van der Waals surface area contributed by atoms with Crippen LogP contribution >= 0.6 is 0 Å². The van der Waals surface area contributed by atoms with Gasteiger partial charge in [0.1, 0.15) is 5.82 Å². The summed E-state index contributed by atoms with van der Waals surface area (Å²) in [5.41, 5.74) is 0.469. The van der Waals surface area contributed by atoms with Crippen LogP contribution in [-0.4, -0.2) is 29.6 Å². The third-order valence-corrected chi connectivity index (χ3v) is 3.98. The molecule has 18 heavy (non-hydrogen) atoms. The van der Waals surface area contributed by atoms with Crippen molar-refractivity contribution >= 4 is 0 Å². The first-order valence-electron chi connectivity index (χ1n) is 6.76. The maximum atomic E-state index is 13.9. The Morgan fingerprint density at radius 2 is 2.11 bits per heavy atom. The topological polar surface area (TPSA) is 23.5 Å². The van der Waals surface area contributed by atoms with Crippen molar-refractivity contribution < 1.29 is 9.50 Å². The molecule has 2 nitrogen and oxygen atoms in total. The highest BCUT2D eigenvalue weighted by molar-refractivity contribution is 5.29. The van der Waals surface area contributed by atoms with Crippen LogP contribution in [0.1, 0.15) is 37.3 Å². The quantitative estimate of drug-likeness (QED) is 0.873. The Bertz CT molecular complexity index is 421. The Kier molecular flexibility index (Phi) is 4.03. The summed E-state index contributed by atoms with van der Waals surface area (Å²) in [4.78, 5) is 2.31. The maximum absolute atomic E-state index is 13.9. The van der Waals surface area contributed by atoms with E-state index in [1.165, 1.54) is 6.07 Å². The number of aliphatic hydroxyl groups is 1. The third-order valence-electron chi connectivity index (χ3n) is 3.98. The molecule has 2 rings (SSSR count). The normalized spacial score (nSPS) is 26.0. The van der Waals surface area contributed by atoms with Crippen LogP contribution in [0, 0.1) is 12.7 Å². The Morgan fingerprint density at radius 3 is 2.83 bits per heavy atom. The molecule has 0 aromatic heterocycles. The molecule has 1 unspecified atom stereocenters. The molecule has 0 saturated carbocycles. The van der Waals surface area contributed by atoms with Crippen molar-refractivity contribution in [1.82, 2.24) is 4.90 Å². The van der Waals surface area contributed by atoms with Crippen molar-refractivity contribution in [2.24, 2.45) is 0 Å². The van der Waals surface area contributed by atoms with Crippen molar-refractivity contribution in [3.8, 4) is 0 Å². The number of halogens is 1. The molecular weight excluding hydrogens is 229 g/mol. The molecule has 1 aromatic carbocycles. The molecule has 100 valence electrons. The second-order valence-electron chi connectivity index (χ2n) is 5.30. The summed E-state index contributed by atoms with van der Waals surface area (Å²) in [6.45, 7) is 6.87. The Labute approximate surface area is 108 Å². The highest BCUT2D eigenvalue weighted by Gasteiger charge is 2.33. The highest BCUT2D eigenvalue weighted by Crippen LogP contribution is 2.34. The molecule has 1 aromatic rings. The van der Waals surface area contributed by atoms with Crippen LogP contribution in [-0.2, 0) is 5.60 Å². The van der Waals surface area contributed by atoms with Gasteiger partial charge in [0.15, 0.2) is 0 Å². The molecule has 0 radical (unpaired) electrons. The maximum Gasteiger partial charge on any atom is 0.129 e. The zero-order valence-electron chi connectivity index (χ0n) is 11.2. The zero-order valence-corrected chi connectivity index (χ0v) is 11.2. The monoisotopic (exact) mass is 251 g/mol. The lowest BCUT2D eigenvalue weighted by atomic mass is 9.86. The molecular formula is C15H22FNO. The Hall–Kier alpha value is -0.930. The predicted molar refractivity (Wildman–Crippen MR) is 71.0 cm³/mol. The van der Waals surface area contributed by atoms with Crippen LogP contribution in [0.5, 0.6) is 0 Å². The fourth-order valence-electron chi connectivity index (χ4n) is 2.76. The van der Waals surface area contributed by atoms with Crippen molar-refractivity contribution in [2.45, 2.75) is 38.7 Å². The van der Waals surface area contributed by atoms with Gasteiger partial charge in [0.05, 0.1) is 5.60 Å². The summed E-state index contributed by atoms with van der Waals surface area (Å²) in [5, 5.41) is 10.8. The first kappa shape index (κ1) is 13.5. The summed E-state index contributed by atoms with van der Waals surface area (Å²) in [6, 6.07) is 5.00. The van der Waals surface area contributed by atoms with Crippen molar-refractivity contribution in [2.75, 3.05) is 19.6 Å². The number of hydrogen-bond donors (Lipinski definition) is 1. The lowest BCUT2D eigenvalue weighted by Crippen LogP contribution is -2.30. The van der Waals surface area contributed by atoms with Gasteiger partial charge < -0.3 is 10.0 Å². The van der Waals surface area contributed by atoms with E-state index in [2.05, 4.69) is 11.8 Å². The third kappa shape index (κ3) is 2.73. The van der Waals surface area contributed by atoms with E-state index >= 15 is 0 Å². The van der Waals surface area contributed by atoms with Crippen molar-refractivity contribution in [3.05, 3.63) is 35.1 Å². The van der Waals surface area contributed by atoms with Crippen LogP contribution in [0.25, 0.3) is 0 Å². The summed E-state index contributed by atoms with van der Waals surface area (Å²) >= 11 is 0. The SMILES string of the molecule is CCN1CCCC(O)(c2cc(C)ccc2F)CC1. The molecule has 1 N–H and O–H groups in total. The van der Waals surface area contributed by atoms with Crippen LogP contribution in [0.3, 0.4) is 0 Å². The fourth-order valence-corrected chi connectivity index (χ4v) is 2.76. The van der Waals surface area contributed by atoms with Crippen LogP contribution in [0.2, 0.25) is 0 Å². The van der Waals surface area contributed by atoms with E-state index in [9.17, 15) is 9.50 Å². The largest absolute Gasteiger partial charge is 0.385 e. The minimum atomic E-state index is -1.000. The fraction of sp³-hybridized carbons (Fsp3) is 0.600. The summed E-state index contributed by atoms with van der Waals surface area (Å²) < 4.78 is 13.9. The lowest BCUT2D eigenvalue weighted by Gasteiger charge is -2.28. The zero-order chi connectivity index (χ0) is 13.2. The van der Waals surface area contributed by atoms with Gasteiger partial charge >= 0.3 is 0 Å². The van der Waals surface area contributed by atoms with E-state index in [4.69, 9.17) is 0 Å². The molecule has 1 atom stereocenters. The molecule has 0 aliphatic carbocycles. The smallest absolute Gasteiger partial charge is 0.129 e. The molecule has 0 bridgehead atoms. The van der Waals surface area contributed by atoms with Gasteiger partial charge in [-0.25, -0.2) is 4.39 Å². The van der Waals surface area contributed by atoms with Gasteiger partial charge in [-0.3, -0.25) is 0 Å². The van der Waals surface area contributed by atoms with E-state index in [0.29, 0.717) is 18.4 Å². The molecule has 1 aliphatic heterocycles. The van der Waals surface area contributed by atoms with Crippen LogP contribution in [0.15, 0.2) is 18.2 Å². The first-order valence-corrected chi connectivity index (χ1v) is 6.76. The second-order valence-corrected chi connectivity index (χ2v) is 5.30. The van der Waals surface area contributed by atoms with Gasteiger partial charge in [-0.05, 0) is 45.3 Å². The van der Waals surface area contributed by atoms with Gasteiger partial charge in [0, 0.05) is 12.1 Å². The number of nitrogens with zero attached hydrogens (tertiary/aromatic N) is 1. The minimum Gasteiger partial charge on any atom is -0.385 e. The van der Waals surface area contributed by atoms with Gasteiger partial charge in [-0.2, -0.15) is 0 Å².